The van der Waals surface area contributed by atoms with Gasteiger partial charge in [-0.3, -0.25) is 4.98 Å². The average Bonchev–Trinajstić information content (AvgIpc) is 2.41. The van der Waals surface area contributed by atoms with E-state index in [1.54, 1.807) is 0 Å². The second-order valence-electron chi connectivity index (χ2n) is 4.94. The summed E-state index contributed by atoms with van der Waals surface area (Å²) in [5.74, 6) is 0. The number of rotatable bonds is 1. The standard InChI is InChI=1S/C15H17BrN2/c1-9-12(16)8-7-11-14(9)18-13-6-4-3-5-10(13)15(11)17-2/h7-8H,3-6H2,1-2H3,(H,17,18). The Kier molecular flexibility index (Phi) is 3.02. The van der Waals surface area contributed by atoms with E-state index in [1.165, 1.54) is 40.7 Å². The molecule has 0 saturated heterocycles. The number of pyridine rings is 1. The number of halogens is 1. The largest absolute Gasteiger partial charge is 0.387 e. The molecule has 0 amide bonds. The average molecular weight is 305 g/mol. The monoisotopic (exact) mass is 304 g/mol. The summed E-state index contributed by atoms with van der Waals surface area (Å²) in [5, 5.41) is 4.64. The lowest BCUT2D eigenvalue weighted by atomic mass is 9.92. The van der Waals surface area contributed by atoms with E-state index in [0.717, 1.165) is 22.8 Å². The molecule has 0 saturated carbocycles. The van der Waals surface area contributed by atoms with Gasteiger partial charge in [-0.05, 0) is 55.9 Å². The maximum Gasteiger partial charge on any atom is 0.0766 e. The van der Waals surface area contributed by atoms with Crippen LogP contribution in [0.15, 0.2) is 16.6 Å². The third-order valence-corrected chi connectivity index (χ3v) is 4.73. The number of hydrogen-bond donors (Lipinski definition) is 1. The molecule has 3 rings (SSSR count). The van der Waals surface area contributed by atoms with Crippen molar-refractivity contribution in [2.45, 2.75) is 32.6 Å². The number of aromatic nitrogens is 1. The number of anilines is 1. The number of fused-ring (bicyclic) bond motifs is 2. The number of aryl methyl sites for hydroxylation is 2. The summed E-state index contributed by atoms with van der Waals surface area (Å²) in [5.41, 5.74) is 6.37. The zero-order valence-corrected chi connectivity index (χ0v) is 12.4. The highest BCUT2D eigenvalue weighted by Crippen LogP contribution is 2.35. The SMILES string of the molecule is CNc1c2c(nc3c(C)c(Br)ccc13)CCCC2. The fourth-order valence-corrected chi connectivity index (χ4v) is 3.21. The Morgan fingerprint density at radius 3 is 2.78 bits per heavy atom. The van der Waals surface area contributed by atoms with Gasteiger partial charge in [0.1, 0.15) is 0 Å². The van der Waals surface area contributed by atoms with Crippen LogP contribution < -0.4 is 5.32 Å². The van der Waals surface area contributed by atoms with Gasteiger partial charge >= 0.3 is 0 Å². The predicted molar refractivity (Wildman–Crippen MR) is 80.4 cm³/mol. The molecule has 1 heterocycles. The molecule has 1 aliphatic carbocycles. The Hall–Kier alpha value is -1.09. The van der Waals surface area contributed by atoms with Crippen LogP contribution in [0.1, 0.15) is 29.7 Å². The molecule has 18 heavy (non-hydrogen) atoms. The van der Waals surface area contributed by atoms with Crippen LogP contribution in [0.3, 0.4) is 0 Å². The Morgan fingerprint density at radius 1 is 1.22 bits per heavy atom. The molecule has 0 aliphatic heterocycles. The summed E-state index contributed by atoms with van der Waals surface area (Å²) in [7, 11) is 2.01. The first-order chi connectivity index (χ1) is 8.72. The fourth-order valence-electron chi connectivity index (χ4n) is 2.89. The lowest BCUT2D eigenvalue weighted by molar-refractivity contribution is 0.672. The second-order valence-corrected chi connectivity index (χ2v) is 5.79. The van der Waals surface area contributed by atoms with Gasteiger partial charge in [0.25, 0.3) is 0 Å². The summed E-state index contributed by atoms with van der Waals surface area (Å²) in [4.78, 5) is 4.91. The summed E-state index contributed by atoms with van der Waals surface area (Å²) >= 11 is 3.60. The number of nitrogens with one attached hydrogen (secondary N) is 1. The third kappa shape index (κ3) is 1.72. The van der Waals surface area contributed by atoms with Gasteiger partial charge in [0.15, 0.2) is 0 Å². The maximum atomic E-state index is 4.91. The van der Waals surface area contributed by atoms with E-state index in [2.05, 4.69) is 40.3 Å². The molecule has 0 radical (unpaired) electrons. The van der Waals surface area contributed by atoms with Gasteiger partial charge < -0.3 is 5.32 Å². The lowest BCUT2D eigenvalue weighted by Crippen LogP contribution is -2.10. The first kappa shape index (κ1) is 12.0. The molecule has 0 spiro atoms. The van der Waals surface area contributed by atoms with Crippen LogP contribution in [0.4, 0.5) is 5.69 Å². The molecule has 3 heteroatoms. The molecule has 1 N–H and O–H groups in total. The van der Waals surface area contributed by atoms with Crippen molar-refractivity contribution in [1.29, 1.82) is 0 Å². The highest BCUT2D eigenvalue weighted by atomic mass is 79.9. The molecule has 1 aliphatic rings. The zero-order valence-electron chi connectivity index (χ0n) is 10.8. The summed E-state index contributed by atoms with van der Waals surface area (Å²) in [6, 6.07) is 4.29. The third-order valence-electron chi connectivity index (χ3n) is 3.87. The molecular formula is C15H17BrN2. The normalized spacial score (nSPS) is 14.6. The van der Waals surface area contributed by atoms with Crippen LogP contribution in [0.5, 0.6) is 0 Å². The van der Waals surface area contributed by atoms with Gasteiger partial charge in [0.2, 0.25) is 0 Å². The van der Waals surface area contributed by atoms with Gasteiger partial charge in [-0.2, -0.15) is 0 Å². The van der Waals surface area contributed by atoms with Crippen LogP contribution >= 0.6 is 15.9 Å². The van der Waals surface area contributed by atoms with Gasteiger partial charge in [-0.25, -0.2) is 0 Å². The number of hydrogen-bond acceptors (Lipinski definition) is 2. The van der Waals surface area contributed by atoms with Crippen LogP contribution in [-0.4, -0.2) is 12.0 Å². The molecule has 1 aromatic carbocycles. The van der Waals surface area contributed by atoms with Gasteiger partial charge in [0, 0.05) is 28.3 Å². The zero-order chi connectivity index (χ0) is 12.7. The summed E-state index contributed by atoms with van der Waals surface area (Å²) in [6.07, 6.45) is 4.82. The highest BCUT2D eigenvalue weighted by molar-refractivity contribution is 9.10. The Bertz CT molecular complexity index is 620. The Morgan fingerprint density at radius 2 is 2.00 bits per heavy atom. The fraction of sp³-hybridized carbons (Fsp3) is 0.400. The van der Waals surface area contributed by atoms with E-state index in [4.69, 9.17) is 4.98 Å². The minimum atomic E-state index is 1.12. The minimum absolute atomic E-state index is 1.12. The van der Waals surface area contributed by atoms with E-state index >= 15 is 0 Å². The topological polar surface area (TPSA) is 24.9 Å². The van der Waals surface area contributed by atoms with Crippen LogP contribution in [0.25, 0.3) is 10.9 Å². The highest BCUT2D eigenvalue weighted by Gasteiger charge is 2.18. The van der Waals surface area contributed by atoms with E-state index in [1.807, 2.05) is 7.05 Å². The quantitative estimate of drug-likeness (QED) is 0.853. The molecule has 2 nitrogen and oxygen atoms in total. The molecule has 0 atom stereocenters. The van der Waals surface area contributed by atoms with Crippen LogP contribution in [0, 0.1) is 6.92 Å². The maximum absolute atomic E-state index is 4.91. The van der Waals surface area contributed by atoms with Crippen LogP contribution in [0.2, 0.25) is 0 Å². The molecular weight excluding hydrogens is 288 g/mol. The lowest BCUT2D eigenvalue weighted by Gasteiger charge is -2.21. The van der Waals surface area contributed by atoms with Gasteiger partial charge in [-0.15, -0.1) is 0 Å². The van der Waals surface area contributed by atoms with Gasteiger partial charge in [0.05, 0.1) is 5.52 Å². The second kappa shape index (κ2) is 4.54. The Labute approximate surface area is 116 Å². The molecule has 1 aromatic heterocycles. The van der Waals surface area contributed by atoms with Crippen molar-refractivity contribution < 1.29 is 0 Å². The van der Waals surface area contributed by atoms with Gasteiger partial charge in [-0.1, -0.05) is 15.9 Å². The summed E-state index contributed by atoms with van der Waals surface area (Å²) < 4.78 is 1.14. The smallest absolute Gasteiger partial charge is 0.0766 e. The molecule has 0 unspecified atom stereocenters. The van der Waals surface area contributed by atoms with E-state index < -0.39 is 0 Å². The first-order valence-corrected chi connectivity index (χ1v) is 7.30. The molecule has 2 aromatic rings. The van der Waals surface area contributed by atoms with Crippen molar-refractivity contribution in [3.8, 4) is 0 Å². The summed E-state index contributed by atoms with van der Waals surface area (Å²) in [6.45, 7) is 2.13. The van der Waals surface area contributed by atoms with Crippen LogP contribution in [-0.2, 0) is 12.8 Å². The van der Waals surface area contributed by atoms with E-state index in [0.29, 0.717) is 0 Å². The molecule has 0 bridgehead atoms. The van der Waals surface area contributed by atoms with Crippen molar-refractivity contribution in [2.24, 2.45) is 0 Å². The van der Waals surface area contributed by atoms with Crippen molar-refractivity contribution in [2.75, 3.05) is 12.4 Å². The van der Waals surface area contributed by atoms with Crippen molar-refractivity contribution >= 4 is 32.5 Å². The van der Waals surface area contributed by atoms with Crippen molar-refractivity contribution in [3.63, 3.8) is 0 Å². The molecule has 0 fully saturated rings. The first-order valence-electron chi connectivity index (χ1n) is 6.50. The van der Waals surface area contributed by atoms with E-state index in [9.17, 15) is 0 Å². The minimum Gasteiger partial charge on any atom is -0.387 e. The molecule has 94 valence electrons. The van der Waals surface area contributed by atoms with Crippen molar-refractivity contribution in [3.05, 3.63) is 33.4 Å². The number of benzene rings is 1. The Balaban J connectivity index is 2.40. The predicted octanol–water partition coefficient (Wildman–Crippen LogP) is 4.23. The number of nitrogens with zero attached hydrogens (tertiary/aromatic N) is 1. The van der Waals surface area contributed by atoms with E-state index in [-0.39, 0.29) is 0 Å². The van der Waals surface area contributed by atoms with Crippen molar-refractivity contribution in [1.82, 2.24) is 4.98 Å².